The molecule has 36 heavy (non-hydrogen) atoms. The number of halogens is 2. The minimum atomic E-state index is -0.765. The van der Waals surface area contributed by atoms with Crippen LogP contribution in [0.3, 0.4) is 0 Å². The van der Waals surface area contributed by atoms with E-state index in [9.17, 15) is 9.18 Å². The second-order valence-corrected chi connectivity index (χ2v) is 11.0. The Bertz CT molecular complexity index is 1250. The van der Waals surface area contributed by atoms with Gasteiger partial charge in [-0.15, -0.1) is 15.3 Å². The van der Waals surface area contributed by atoms with E-state index in [4.69, 9.17) is 21.2 Å². The maximum absolute atomic E-state index is 13.3. The first-order valence-corrected chi connectivity index (χ1v) is 12.7. The van der Waals surface area contributed by atoms with E-state index in [2.05, 4.69) is 14.8 Å². The van der Waals surface area contributed by atoms with Crippen LogP contribution < -0.4 is 0 Å². The summed E-state index contributed by atoms with van der Waals surface area (Å²) in [5, 5.41) is 11.2. The number of ether oxygens (including phenoxy) is 1. The lowest BCUT2D eigenvalue weighted by Gasteiger charge is -2.28. The Balaban J connectivity index is 1.39. The second-order valence-electron chi connectivity index (χ2n) is 10.5. The van der Waals surface area contributed by atoms with E-state index in [1.165, 1.54) is 22.8 Å². The zero-order valence-electron chi connectivity index (χ0n) is 20.7. The van der Waals surface area contributed by atoms with Gasteiger partial charge < -0.3 is 9.57 Å². The quantitative estimate of drug-likeness (QED) is 0.364. The highest BCUT2D eigenvalue weighted by atomic mass is 35.5. The minimum absolute atomic E-state index is 0.206. The van der Waals surface area contributed by atoms with Gasteiger partial charge in [-0.05, 0) is 93.8 Å². The lowest BCUT2D eigenvalue weighted by atomic mass is 9.78. The molecular formula is C27H30ClFN4O3. The molecule has 1 saturated carbocycles. The smallest absolute Gasteiger partial charge is 0.427 e. The van der Waals surface area contributed by atoms with Gasteiger partial charge in [-0.3, -0.25) is 4.57 Å². The van der Waals surface area contributed by atoms with E-state index in [0.717, 1.165) is 42.8 Å². The normalized spacial score (nSPS) is 20.2. The number of carbonyl (C=O) groups is 1. The molecule has 0 unspecified atom stereocenters. The average molecular weight is 513 g/mol. The van der Waals surface area contributed by atoms with Gasteiger partial charge in [-0.2, -0.15) is 0 Å². The van der Waals surface area contributed by atoms with Crippen molar-refractivity contribution in [3.8, 4) is 5.69 Å². The Kier molecular flexibility index (Phi) is 6.74. The summed E-state index contributed by atoms with van der Waals surface area (Å²) in [5.41, 5.74) is 2.37. The molecule has 2 aromatic carbocycles. The van der Waals surface area contributed by atoms with Crippen LogP contribution in [0.25, 0.3) is 5.69 Å². The first-order valence-electron chi connectivity index (χ1n) is 12.3. The summed E-state index contributed by atoms with van der Waals surface area (Å²) in [6.07, 6.45) is 3.15. The van der Waals surface area contributed by atoms with E-state index in [1.807, 2.05) is 30.3 Å². The van der Waals surface area contributed by atoms with Crippen molar-refractivity contribution in [2.75, 3.05) is 0 Å². The largest absolute Gasteiger partial charge is 0.528 e. The van der Waals surface area contributed by atoms with E-state index in [1.54, 1.807) is 20.8 Å². The number of benzene rings is 2. The summed E-state index contributed by atoms with van der Waals surface area (Å²) in [7, 11) is 0. The van der Waals surface area contributed by atoms with Crippen molar-refractivity contribution in [3.63, 3.8) is 0 Å². The molecule has 1 aliphatic heterocycles. The van der Waals surface area contributed by atoms with Crippen LogP contribution in [-0.4, -0.2) is 31.6 Å². The van der Waals surface area contributed by atoms with E-state index < -0.39 is 11.8 Å². The molecule has 0 bridgehead atoms. The van der Waals surface area contributed by atoms with Crippen molar-refractivity contribution in [2.24, 2.45) is 0 Å². The van der Waals surface area contributed by atoms with Gasteiger partial charge in [-0.25, -0.2) is 9.18 Å². The highest BCUT2D eigenvalue weighted by Gasteiger charge is 2.32. The third-order valence-corrected chi connectivity index (χ3v) is 6.96. The molecule has 0 radical (unpaired) electrons. The van der Waals surface area contributed by atoms with Gasteiger partial charge in [0.15, 0.2) is 5.82 Å². The Morgan fingerprint density at radius 2 is 1.69 bits per heavy atom. The van der Waals surface area contributed by atoms with Crippen molar-refractivity contribution in [1.82, 2.24) is 19.8 Å². The molecule has 9 heteroatoms. The van der Waals surface area contributed by atoms with Gasteiger partial charge in [0.25, 0.3) is 0 Å². The maximum atomic E-state index is 13.3. The third kappa shape index (κ3) is 5.39. The molecule has 190 valence electrons. The Morgan fingerprint density at radius 1 is 1.00 bits per heavy atom. The van der Waals surface area contributed by atoms with Crippen molar-refractivity contribution >= 4 is 17.8 Å². The molecule has 5 rings (SSSR count). The molecule has 0 spiro atoms. The Morgan fingerprint density at radius 3 is 2.39 bits per heavy atom. The fourth-order valence-corrected chi connectivity index (χ4v) is 5.32. The zero-order valence-corrected chi connectivity index (χ0v) is 21.5. The standard InChI is InChI=1S/C27H30ClFN4O3/c1-27(2,3)35-26(34)36-32-15-20-14-21(28)10-13-23(20)33-24(16-32)30-31-25(33)19-6-4-17(5-7-19)18-8-11-22(29)12-9-18/h8-14,17,19H,4-7,15-16H2,1-3H3/t17-,19-. The molecule has 1 aromatic heterocycles. The molecule has 7 nitrogen and oxygen atoms in total. The van der Waals surface area contributed by atoms with Crippen LogP contribution in [0.1, 0.15) is 81.1 Å². The second kappa shape index (κ2) is 9.82. The molecule has 0 N–H and O–H groups in total. The monoisotopic (exact) mass is 512 g/mol. The fraction of sp³-hybridized carbons (Fsp3) is 0.444. The molecule has 3 aromatic rings. The topological polar surface area (TPSA) is 69.5 Å². The molecule has 2 aliphatic rings. The van der Waals surface area contributed by atoms with E-state index >= 15 is 0 Å². The Hall–Kier alpha value is -2.97. The summed E-state index contributed by atoms with van der Waals surface area (Å²) >= 11 is 6.33. The zero-order chi connectivity index (χ0) is 25.4. The number of aromatic nitrogens is 3. The van der Waals surface area contributed by atoms with E-state index in [-0.39, 0.29) is 18.3 Å². The van der Waals surface area contributed by atoms with E-state index in [0.29, 0.717) is 23.3 Å². The molecule has 2 heterocycles. The first kappa shape index (κ1) is 24.7. The van der Waals surface area contributed by atoms with Gasteiger partial charge in [0.1, 0.15) is 17.2 Å². The van der Waals surface area contributed by atoms with Gasteiger partial charge in [-0.1, -0.05) is 23.7 Å². The van der Waals surface area contributed by atoms with Crippen LogP contribution >= 0.6 is 11.6 Å². The van der Waals surface area contributed by atoms with Crippen LogP contribution in [0.2, 0.25) is 5.02 Å². The number of fused-ring (bicyclic) bond motifs is 3. The highest BCUT2D eigenvalue weighted by molar-refractivity contribution is 6.30. The van der Waals surface area contributed by atoms with Crippen LogP contribution in [0, 0.1) is 5.82 Å². The summed E-state index contributed by atoms with van der Waals surface area (Å²) in [6.45, 7) is 5.98. The van der Waals surface area contributed by atoms with Crippen molar-refractivity contribution in [1.29, 1.82) is 0 Å². The summed E-state index contributed by atoms with van der Waals surface area (Å²) in [5.74, 6) is 2.05. The van der Waals surface area contributed by atoms with Crippen LogP contribution in [0.5, 0.6) is 0 Å². The number of rotatable bonds is 3. The molecule has 0 atom stereocenters. The fourth-order valence-electron chi connectivity index (χ4n) is 5.12. The third-order valence-electron chi connectivity index (χ3n) is 6.73. The first-order chi connectivity index (χ1) is 17.2. The molecule has 1 fully saturated rings. The van der Waals surface area contributed by atoms with Gasteiger partial charge in [0, 0.05) is 10.9 Å². The van der Waals surface area contributed by atoms with Gasteiger partial charge in [0.2, 0.25) is 0 Å². The summed E-state index contributed by atoms with van der Waals surface area (Å²) in [4.78, 5) is 17.9. The summed E-state index contributed by atoms with van der Waals surface area (Å²) in [6, 6.07) is 12.6. The number of nitrogens with zero attached hydrogens (tertiary/aromatic N) is 4. The Labute approximate surface area is 215 Å². The van der Waals surface area contributed by atoms with Gasteiger partial charge >= 0.3 is 6.16 Å². The van der Waals surface area contributed by atoms with Crippen molar-refractivity contribution in [3.05, 3.63) is 76.1 Å². The number of hydroxylamine groups is 2. The highest BCUT2D eigenvalue weighted by Crippen LogP contribution is 2.41. The van der Waals surface area contributed by atoms with Gasteiger partial charge in [0.05, 0.1) is 18.8 Å². The molecule has 1 aliphatic carbocycles. The van der Waals surface area contributed by atoms with Crippen molar-refractivity contribution in [2.45, 2.75) is 77.0 Å². The molecule has 0 amide bonds. The number of carbonyl (C=O) groups excluding carboxylic acids is 1. The SMILES string of the molecule is CC(C)(C)OC(=O)ON1Cc2cc(Cl)ccc2-n2c(nnc2[C@H]2CC[C@H](c3ccc(F)cc3)CC2)C1. The molecule has 0 saturated heterocycles. The maximum Gasteiger partial charge on any atom is 0.528 e. The lowest BCUT2D eigenvalue weighted by Crippen LogP contribution is -2.31. The van der Waals surface area contributed by atoms with Crippen LogP contribution in [0.4, 0.5) is 9.18 Å². The lowest BCUT2D eigenvalue weighted by molar-refractivity contribution is -0.155. The minimum Gasteiger partial charge on any atom is -0.427 e. The van der Waals surface area contributed by atoms with Crippen LogP contribution in [-0.2, 0) is 22.7 Å². The number of hydrogen-bond donors (Lipinski definition) is 0. The predicted molar refractivity (Wildman–Crippen MR) is 133 cm³/mol. The van der Waals surface area contributed by atoms with Crippen molar-refractivity contribution < 1.29 is 18.8 Å². The van der Waals surface area contributed by atoms with Crippen LogP contribution in [0.15, 0.2) is 42.5 Å². The molecular weight excluding hydrogens is 483 g/mol. The predicted octanol–water partition coefficient (Wildman–Crippen LogP) is 6.68. The summed E-state index contributed by atoms with van der Waals surface area (Å²) < 4.78 is 20.8. The number of hydrogen-bond acceptors (Lipinski definition) is 6. The average Bonchev–Trinajstić information content (AvgIpc) is 3.15.